The van der Waals surface area contributed by atoms with E-state index in [1.165, 1.54) is 6.42 Å². The molecular weight excluding hydrogens is 238 g/mol. The molecular formula is C15H23N3O. The van der Waals surface area contributed by atoms with Crippen LogP contribution in [0.1, 0.15) is 31.9 Å². The fourth-order valence-electron chi connectivity index (χ4n) is 3.21. The molecule has 0 aliphatic carbocycles. The summed E-state index contributed by atoms with van der Waals surface area (Å²) in [6.07, 6.45) is 1.27. The highest BCUT2D eigenvalue weighted by Crippen LogP contribution is 2.33. The number of hydrogen-bond acceptors (Lipinski definition) is 4. The van der Waals surface area contributed by atoms with Crippen molar-refractivity contribution in [2.24, 2.45) is 5.92 Å². The Labute approximate surface area is 115 Å². The van der Waals surface area contributed by atoms with Crippen LogP contribution in [-0.4, -0.2) is 37.8 Å². The van der Waals surface area contributed by atoms with E-state index < -0.39 is 0 Å². The first-order valence-electron chi connectivity index (χ1n) is 7.22. The standard InChI is InChI=1S/C15H23N3O/c1-10(2)13-6-12(19-3)7-15(17-13)18-5-4-11-8-16-9-14(11)18/h6-7,10-11,14,16H,4-5,8-9H2,1-3H3/t11-,14-/m0/s1. The number of pyridine rings is 1. The zero-order chi connectivity index (χ0) is 13.4. The van der Waals surface area contributed by atoms with Gasteiger partial charge in [0.2, 0.25) is 0 Å². The molecule has 0 aromatic carbocycles. The van der Waals surface area contributed by atoms with Crippen LogP contribution >= 0.6 is 0 Å². The second-order valence-electron chi connectivity index (χ2n) is 5.91. The fourth-order valence-corrected chi connectivity index (χ4v) is 3.21. The summed E-state index contributed by atoms with van der Waals surface area (Å²) in [6, 6.07) is 4.74. The number of rotatable bonds is 3. The quantitative estimate of drug-likeness (QED) is 0.903. The molecule has 19 heavy (non-hydrogen) atoms. The van der Waals surface area contributed by atoms with Crippen LogP contribution in [0.3, 0.4) is 0 Å². The predicted molar refractivity (Wildman–Crippen MR) is 77.0 cm³/mol. The number of anilines is 1. The van der Waals surface area contributed by atoms with Gasteiger partial charge >= 0.3 is 0 Å². The highest BCUT2D eigenvalue weighted by Gasteiger charge is 2.38. The van der Waals surface area contributed by atoms with Crippen LogP contribution in [0, 0.1) is 5.92 Å². The van der Waals surface area contributed by atoms with Gasteiger partial charge in [0.15, 0.2) is 0 Å². The van der Waals surface area contributed by atoms with E-state index >= 15 is 0 Å². The molecule has 104 valence electrons. The van der Waals surface area contributed by atoms with E-state index in [1.54, 1.807) is 7.11 Å². The second-order valence-corrected chi connectivity index (χ2v) is 5.91. The molecule has 0 radical (unpaired) electrons. The largest absolute Gasteiger partial charge is 0.497 e. The highest BCUT2D eigenvalue weighted by atomic mass is 16.5. The summed E-state index contributed by atoms with van der Waals surface area (Å²) in [6.45, 7) is 7.71. The van der Waals surface area contributed by atoms with Crippen LogP contribution < -0.4 is 15.0 Å². The minimum Gasteiger partial charge on any atom is -0.497 e. The van der Waals surface area contributed by atoms with Crippen molar-refractivity contribution in [1.29, 1.82) is 0 Å². The first kappa shape index (κ1) is 12.7. The van der Waals surface area contributed by atoms with Gasteiger partial charge in [0.05, 0.1) is 7.11 Å². The number of hydrogen-bond donors (Lipinski definition) is 1. The number of methoxy groups -OCH3 is 1. The van der Waals surface area contributed by atoms with Crippen molar-refractivity contribution >= 4 is 5.82 Å². The second kappa shape index (κ2) is 5.00. The molecule has 3 heterocycles. The first-order valence-corrected chi connectivity index (χ1v) is 7.22. The summed E-state index contributed by atoms with van der Waals surface area (Å²) in [5, 5.41) is 3.49. The Morgan fingerprint density at radius 1 is 1.37 bits per heavy atom. The van der Waals surface area contributed by atoms with Crippen molar-refractivity contribution in [1.82, 2.24) is 10.3 Å². The fraction of sp³-hybridized carbons (Fsp3) is 0.667. The molecule has 0 unspecified atom stereocenters. The summed E-state index contributed by atoms with van der Waals surface area (Å²) in [4.78, 5) is 7.30. The lowest BCUT2D eigenvalue weighted by molar-refractivity contribution is 0.413. The van der Waals surface area contributed by atoms with Gasteiger partial charge in [-0.05, 0) is 18.3 Å². The highest BCUT2D eigenvalue weighted by molar-refractivity contribution is 5.48. The van der Waals surface area contributed by atoms with Gasteiger partial charge in [0, 0.05) is 43.5 Å². The maximum absolute atomic E-state index is 5.43. The lowest BCUT2D eigenvalue weighted by Gasteiger charge is -2.25. The van der Waals surface area contributed by atoms with E-state index in [1.807, 2.05) is 0 Å². The molecule has 4 nitrogen and oxygen atoms in total. The van der Waals surface area contributed by atoms with E-state index in [0.29, 0.717) is 12.0 Å². The van der Waals surface area contributed by atoms with Crippen molar-refractivity contribution in [3.05, 3.63) is 17.8 Å². The Bertz CT molecular complexity index is 461. The first-order chi connectivity index (χ1) is 9.19. The average molecular weight is 261 g/mol. The molecule has 1 N–H and O–H groups in total. The van der Waals surface area contributed by atoms with Gasteiger partial charge in [-0.15, -0.1) is 0 Å². The molecule has 2 fully saturated rings. The normalized spacial score (nSPS) is 26.0. The minimum atomic E-state index is 0.425. The van der Waals surface area contributed by atoms with Gasteiger partial charge in [-0.3, -0.25) is 0 Å². The summed E-state index contributed by atoms with van der Waals surface area (Å²) in [5.41, 5.74) is 1.11. The molecule has 2 aliphatic rings. The van der Waals surface area contributed by atoms with Crippen molar-refractivity contribution in [2.45, 2.75) is 32.2 Å². The smallest absolute Gasteiger partial charge is 0.132 e. The van der Waals surface area contributed by atoms with Crippen molar-refractivity contribution < 1.29 is 4.74 Å². The van der Waals surface area contributed by atoms with Crippen LogP contribution in [0.5, 0.6) is 5.75 Å². The molecule has 0 spiro atoms. The Morgan fingerprint density at radius 3 is 2.95 bits per heavy atom. The van der Waals surface area contributed by atoms with Crippen molar-refractivity contribution in [2.75, 3.05) is 31.6 Å². The predicted octanol–water partition coefficient (Wildman–Crippen LogP) is 2.01. The monoisotopic (exact) mass is 261 g/mol. The third-order valence-corrected chi connectivity index (χ3v) is 4.37. The summed E-state index contributed by atoms with van der Waals surface area (Å²) in [7, 11) is 1.73. The van der Waals surface area contributed by atoms with Crippen LogP contribution in [0.15, 0.2) is 12.1 Å². The molecule has 1 aromatic rings. The summed E-state index contributed by atoms with van der Waals surface area (Å²) in [5.74, 6) is 3.21. The SMILES string of the molecule is COc1cc(C(C)C)nc(N2CC[C@H]3CNC[C@@H]32)c1. The Hall–Kier alpha value is -1.29. The van der Waals surface area contributed by atoms with E-state index in [-0.39, 0.29) is 0 Å². The Kier molecular flexibility index (Phi) is 3.35. The van der Waals surface area contributed by atoms with Crippen molar-refractivity contribution in [3.63, 3.8) is 0 Å². The number of nitrogens with one attached hydrogen (secondary N) is 1. The van der Waals surface area contributed by atoms with E-state index in [4.69, 9.17) is 9.72 Å². The molecule has 1 aromatic heterocycles. The Balaban J connectivity index is 1.93. The van der Waals surface area contributed by atoms with E-state index in [0.717, 1.165) is 42.8 Å². The zero-order valence-corrected chi connectivity index (χ0v) is 12.0. The van der Waals surface area contributed by atoms with Crippen LogP contribution in [0.25, 0.3) is 0 Å². The maximum Gasteiger partial charge on any atom is 0.132 e. The lowest BCUT2D eigenvalue weighted by Crippen LogP contribution is -2.34. The maximum atomic E-state index is 5.43. The van der Waals surface area contributed by atoms with Gasteiger partial charge in [0.25, 0.3) is 0 Å². The van der Waals surface area contributed by atoms with Gasteiger partial charge in [-0.2, -0.15) is 0 Å². The number of nitrogens with zero attached hydrogens (tertiary/aromatic N) is 2. The number of fused-ring (bicyclic) bond motifs is 1. The molecule has 0 saturated carbocycles. The molecule has 2 saturated heterocycles. The molecule has 3 rings (SSSR count). The summed E-state index contributed by atoms with van der Waals surface area (Å²) < 4.78 is 5.43. The zero-order valence-electron chi connectivity index (χ0n) is 12.0. The van der Waals surface area contributed by atoms with Gasteiger partial charge < -0.3 is 15.0 Å². The van der Waals surface area contributed by atoms with Gasteiger partial charge in [-0.25, -0.2) is 4.98 Å². The molecule has 4 heteroatoms. The number of ether oxygens (including phenoxy) is 1. The van der Waals surface area contributed by atoms with Crippen LogP contribution in [0.2, 0.25) is 0 Å². The topological polar surface area (TPSA) is 37.4 Å². The van der Waals surface area contributed by atoms with Crippen molar-refractivity contribution in [3.8, 4) is 5.75 Å². The third kappa shape index (κ3) is 2.29. The van der Waals surface area contributed by atoms with Crippen LogP contribution in [-0.2, 0) is 0 Å². The van der Waals surface area contributed by atoms with Crippen LogP contribution in [0.4, 0.5) is 5.82 Å². The van der Waals surface area contributed by atoms with E-state index in [2.05, 4.69) is 36.2 Å². The molecule has 0 amide bonds. The minimum absolute atomic E-state index is 0.425. The molecule has 2 atom stereocenters. The van der Waals surface area contributed by atoms with Gasteiger partial charge in [0.1, 0.15) is 11.6 Å². The Morgan fingerprint density at radius 2 is 2.21 bits per heavy atom. The number of aromatic nitrogens is 1. The summed E-state index contributed by atoms with van der Waals surface area (Å²) >= 11 is 0. The van der Waals surface area contributed by atoms with Gasteiger partial charge in [-0.1, -0.05) is 13.8 Å². The average Bonchev–Trinajstić information content (AvgIpc) is 3.00. The lowest BCUT2D eigenvalue weighted by atomic mass is 10.1. The third-order valence-electron chi connectivity index (χ3n) is 4.37. The molecule has 0 bridgehead atoms. The molecule has 2 aliphatic heterocycles. The van der Waals surface area contributed by atoms with E-state index in [9.17, 15) is 0 Å².